The Morgan fingerprint density at radius 3 is 2.61 bits per heavy atom. The second kappa shape index (κ2) is 10.7. The fourth-order valence-corrected chi connectivity index (χ4v) is 4.81. The van der Waals surface area contributed by atoms with Crippen molar-refractivity contribution in [3.63, 3.8) is 0 Å². The SMILES string of the molecule is C[C@H]1C[C@H](c2nc(N)nc(-c3c[nH]c4nc(N5CCOCC5)ccc34)c2C(F)(F)F)CCN1.O=CO. The van der Waals surface area contributed by atoms with Gasteiger partial charge in [-0.05, 0) is 38.4 Å². The Morgan fingerprint density at radius 1 is 1.22 bits per heavy atom. The lowest BCUT2D eigenvalue weighted by Crippen LogP contribution is -2.36. The molecule has 0 unspecified atom stereocenters. The van der Waals surface area contributed by atoms with E-state index in [2.05, 4.69) is 30.2 Å². The predicted octanol–water partition coefficient (Wildman–Crippen LogP) is 3.01. The molecule has 5 N–H and O–H groups in total. The molecule has 13 heteroatoms. The van der Waals surface area contributed by atoms with Crippen molar-refractivity contribution in [2.24, 2.45) is 0 Å². The maximum atomic E-state index is 14.4. The summed E-state index contributed by atoms with van der Waals surface area (Å²) in [5.41, 5.74) is 5.71. The fraction of sp³-hybridized carbons (Fsp3) is 0.478. The predicted molar refractivity (Wildman–Crippen MR) is 128 cm³/mol. The summed E-state index contributed by atoms with van der Waals surface area (Å²) in [5, 5.41) is 10.7. The van der Waals surface area contributed by atoms with Gasteiger partial charge in [0.05, 0.1) is 24.6 Å². The van der Waals surface area contributed by atoms with Crippen LogP contribution in [0, 0.1) is 0 Å². The molecule has 36 heavy (non-hydrogen) atoms. The van der Waals surface area contributed by atoms with Gasteiger partial charge in [-0.25, -0.2) is 15.0 Å². The minimum absolute atomic E-state index is 0.0226. The van der Waals surface area contributed by atoms with Crippen molar-refractivity contribution in [2.75, 3.05) is 43.5 Å². The highest BCUT2D eigenvalue weighted by Gasteiger charge is 2.41. The number of nitrogens with one attached hydrogen (secondary N) is 2. The molecule has 10 nitrogen and oxygen atoms in total. The molecule has 5 heterocycles. The summed E-state index contributed by atoms with van der Waals surface area (Å²) >= 11 is 0. The standard InChI is InChI=1S/C22H26F3N7O.CH2O2/c1-12-10-13(4-5-27-12)18-17(22(23,24)25)19(31-21(26)30-18)15-11-28-20-14(15)2-3-16(29-20)32-6-8-33-9-7-32;2-1-3/h2-3,11-13,27H,4-10H2,1H3,(H,28,29)(H2,26,30,31);1H,(H,2,3)/t12-,13+;/m0./s1. The quantitative estimate of drug-likeness (QED) is 0.394. The van der Waals surface area contributed by atoms with Crippen molar-refractivity contribution in [1.82, 2.24) is 25.3 Å². The van der Waals surface area contributed by atoms with Gasteiger partial charge in [-0.15, -0.1) is 0 Å². The number of halogens is 3. The van der Waals surface area contributed by atoms with Crippen molar-refractivity contribution in [2.45, 2.75) is 37.9 Å². The monoisotopic (exact) mass is 507 g/mol. The van der Waals surface area contributed by atoms with Gasteiger partial charge < -0.3 is 30.8 Å². The van der Waals surface area contributed by atoms with Crippen LogP contribution < -0.4 is 16.0 Å². The Morgan fingerprint density at radius 2 is 1.94 bits per heavy atom. The number of H-pyrrole nitrogens is 1. The largest absolute Gasteiger partial charge is 0.483 e. The molecular weight excluding hydrogens is 479 g/mol. The Hall–Kier alpha value is -3.45. The summed E-state index contributed by atoms with van der Waals surface area (Å²) in [7, 11) is 0. The number of pyridine rings is 1. The summed E-state index contributed by atoms with van der Waals surface area (Å²) in [4.78, 5) is 26.3. The smallest absolute Gasteiger partial charge is 0.420 e. The average molecular weight is 508 g/mol. The highest BCUT2D eigenvalue weighted by atomic mass is 19.4. The van der Waals surface area contributed by atoms with Gasteiger partial charge in [-0.2, -0.15) is 13.2 Å². The molecule has 3 aromatic rings. The molecule has 0 amide bonds. The second-order valence-corrected chi connectivity index (χ2v) is 8.74. The van der Waals surface area contributed by atoms with Gasteiger partial charge in [0, 0.05) is 42.2 Å². The summed E-state index contributed by atoms with van der Waals surface area (Å²) in [5.74, 6) is 0.242. The van der Waals surface area contributed by atoms with E-state index in [1.54, 1.807) is 6.07 Å². The lowest BCUT2D eigenvalue weighted by Gasteiger charge is -2.30. The molecule has 194 valence electrons. The number of carbonyl (C=O) groups is 1. The van der Waals surface area contributed by atoms with E-state index in [1.807, 2.05) is 13.0 Å². The average Bonchev–Trinajstić information content (AvgIpc) is 3.27. The Labute approximate surface area is 205 Å². The van der Waals surface area contributed by atoms with Crippen LogP contribution in [0.15, 0.2) is 18.3 Å². The van der Waals surface area contributed by atoms with Gasteiger partial charge in [0.25, 0.3) is 6.47 Å². The number of aromatic amines is 1. The lowest BCUT2D eigenvalue weighted by atomic mass is 9.86. The maximum absolute atomic E-state index is 14.4. The second-order valence-electron chi connectivity index (χ2n) is 8.74. The number of ether oxygens (including phenoxy) is 1. The van der Waals surface area contributed by atoms with E-state index in [0.29, 0.717) is 62.3 Å². The number of morpholine rings is 1. The first-order valence-electron chi connectivity index (χ1n) is 11.6. The molecule has 0 spiro atoms. The third kappa shape index (κ3) is 5.36. The van der Waals surface area contributed by atoms with Gasteiger partial charge in [0.1, 0.15) is 17.0 Å². The van der Waals surface area contributed by atoms with Gasteiger partial charge in [-0.3, -0.25) is 4.79 Å². The molecule has 2 saturated heterocycles. The zero-order valence-corrected chi connectivity index (χ0v) is 19.7. The van der Waals surface area contributed by atoms with Crippen LogP contribution in [-0.2, 0) is 15.7 Å². The molecule has 0 saturated carbocycles. The topological polar surface area (TPSA) is 142 Å². The molecule has 3 aromatic heterocycles. The minimum atomic E-state index is -4.63. The third-order valence-corrected chi connectivity index (χ3v) is 6.36. The van der Waals surface area contributed by atoms with Crippen LogP contribution in [0.2, 0.25) is 0 Å². The van der Waals surface area contributed by atoms with Crippen LogP contribution in [0.1, 0.15) is 36.9 Å². The molecule has 0 aromatic carbocycles. The first-order chi connectivity index (χ1) is 17.2. The van der Waals surface area contributed by atoms with Crippen LogP contribution >= 0.6 is 0 Å². The van der Waals surface area contributed by atoms with Crippen molar-refractivity contribution >= 4 is 29.3 Å². The van der Waals surface area contributed by atoms with Crippen LogP contribution in [-0.4, -0.2) is 70.4 Å². The molecule has 2 aliphatic heterocycles. The van der Waals surface area contributed by atoms with Gasteiger partial charge in [0.2, 0.25) is 5.95 Å². The van der Waals surface area contributed by atoms with Gasteiger partial charge >= 0.3 is 6.18 Å². The number of anilines is 2. The number of nitrogen functional groups attached to an aromatic ring is 1. The number of aromatic nitrogens is 4. The number of piperidine rings is 1. The molecule has 0 bridgehead atoms. The lowest BCUT2D eigenvalue weighted by molar-refractivity contribution is -0.138. The molecule has 2 aliphatic rings. The van der Waals surface area contributed by atoms with Crippen molar-refractivity contribution < 1.29 is 27.8 Å². The highest BCUT2D eigenvalue weighted by Crippen LogP contribution is 2.44. The van der Waals surface area contributed by atoms with Crippen LogP contribution in [0.5, 0.6) is 0 Å². The fourth-order valence-electron chi connectivity index (χ4n) is 4.81. The number of hydrogen-bond acceptors (Lipinski definition) is 8. The van der Waals surface area contributed by atoms with E-state index in [0.717, 1.165) is 5.82 Å². The molecule has 2 fully saturated rings. The Kier molecular flexibility index (Phi) is 7.59. The maximum Gasteiger partial charge on any atom is 0.420 e. The van der Waals surface area contributed by atoms with Gasteiger partial charge in [0.15, 0.2) is 0 Å². The molecule has 0 aliphatic carbocycles. The number of nitrogens with two attached hydrogens (primary N) is 1. The first-order valence-corrected chi connectivity index (χ1v) is 11.6. The number of alkyl halides is 3. The molecule has 5 rings (SSSR count). The number of fused-ring (bicyclic) bond motifs is 1. The van der Waals surface area contributed by atoms with E-state index in [-0.39, 0.29) is 35.8 Å². The molecular formula is C23H28F3N7O3. The zero-order valence-electron chi connectivity index (χ0n) is 19.7. The van der Waals surface area contributed by atoms with Crippen LogP contribution in [0.3, 0.4) is 0 Å². The van der Waals surface area contributed by atoms with E-state index in [1.165, 1.54) is 6.20 Å². The number of rotatable bonds is 3. The van der Waals surface area contributed by atoms with E-state index in [9.17, 15) is 13.2 Å². The summed E-state index contributed by atoms with van der Waals surface area (Å²) in [6, 6.07) is 3.70. The normalized spacial score (nSPS) is 20.6. The van der Waals surface area contributed by atoms with Crippen LogP contribution in [0.25, 0.3) is 22.3 Å². The van der Waals surface area contributed by atoms with Crippen molar-refractivity contribution in [3.8, 4) is 11.3 Å². The van der Waals surface area contributed by atoms with E-state index >= 15 is 0 Å². The summed E-state index contributed by atoms with van der Waals surface area (Å²) in [6.45, 7) is 4.99. The number of nitrogens with zero attached hydrogens (tertiary/aromatic N) is 4. The van der Waals surface area contributed by atoms with E-state index < -0.39 is 11.7 Å². The molecule has 0 radical (unpaired) electrons. The summed E-state index contributed by atoms with van der Waals surface area (Å²) in [6.07, 6.45) is -2.00. The number of carboxylic acid groups (broad SMARTS) is 1. The summed E-state index contributed by atoms with van der Waals surface area (Å²) < 4.78 is 48.6. The zero-order chi connectivity index (χ0) is 25.9. The molecule has 2 atom stereocenters. The van der Waals surface area contributed by atoms with E-state index in [4.69, 9.17) is 20.4 Å². The minimum Gasteiger partial charge on any atom is -0.483 e. The van der Waals surface area contributed by atoms with Crippen molar-refractivity contribution in [3.05, 3.63) is 29.6 Å². The first kappa shape index (κ1) is 25.6. The third-order valence-electron chi connectivity index (χ3n) is 6.36. The highest BCUT2D eigenvalue weighted by molar-refractivity contribution is 5.94. The van der Waals surface area contributed by atoms with Crippen molar-refractivity contribution in [1.29, 1.82) is 0 Å². The Balaban J connectivity index is 0.000000967. The van der Waals surface area contributed by atoms with Gasteiger partial charge in [-0.1, -0.05) is 0 Å². The Bertz CT molecular complexity index is 1210. The number of hydrogen-bond donors (Lipinski definition) is 4. The van der Waals surface area contributed by atoms with Crippen LogP contribution in [0.4, 0.5) is 24.9 Å².